The number of hydrogen-bond donors (Lipinski definition) is 0. The molecule has 1 aromatic heterocycles. The number of benzene rings is 2. The molecule has 5 heteroatoms. The van der Waals surface area contributed by atoms with E-state index in [4.69, 9.17) is 9.72 Å². The smallest absolute Gasteiger partial charge is 0.133 e. The van der Waals surface area contributed by atoms with E-state index in [0.29, 0.717) is 12.0 Å². The predicted molar refractivity (Wildman–Crippen MR) is 109 cm³/mol. The van der Waals surface area contributed by atoms with Crippen molar-refractivity contribution in [1.82, 2.24) is 9.97 Å². The van der Waals surface area contributed by atoms with Crippen LogP contribution in [0.2, 0.25) is 0 Å². The molecule has 1 saturated heterocycles. The molecular weight excluding hydrogens is 348 g/mol. The van der Waals surface area contributed by atoms with E-state index in [1.54, 1.807) is 6.20 Å². The molecule has 0 radical (unpaired) electrons. The second kappa shape index (κ2) is 8.20. The van der Waals surface area contributed by atoms with Crippen LogP contribution in [0.4, 0.5) is 5.69 Å². The third kappa shape index (κ3) is 4.03. The Hall–Kier alpha value is -3.23. The Morgan fingerprint density at radius 2 is 1.86 bits per heavy atom. The van der Waals surface area contributed by atoms with Crippen LogP contribution in [0.3, 0.4) is 0 Å². The molecule has 2 aromatic carbocycles. The van der Waals surface area contributed by atoms with Crippen LogP contribution in [0, 0.1) is 18.3 Å². The van der Waals surface area contributed by atoms with Crippen molar-refractivity contribution in [2.45, 2.75) is 13.3 Å². The number of hydrogen-bond acceptors (Lipinski definition) is 5. The SMILES string of the molecule is Cc1ccc(-c2ccnc(Cc3ccc(N4CCOCC4)cc3)n2)cc1C#N. The van der Waals surface area contributed by atoms with Crippen LogP contribution in [0.15, 0.2) is 54.7 Å². The minimum Gasteiger partial charge on any atom is -0.378 e. The molecule has 140 valence electrons. The third-order valence-corrected chi connectivity index (χ3v) is 5.03. The standard InChI is InChI=1S/C23H22N4O/c1-17-2-5-19(15-20(17)16-24)22-8-9-25-23(26-22)14-18-3-6-21(7-4-18)27-10-12-28-13-11-27/h2-9,15H,10-14H2,1H3. The molecular formula is C23H22N4O. The summed E-state index contributed by atoms with van der Waals surface area (Å²) in [6, 6.07) is 18.6. The van der Waals surface area contributed by atoms with Gasteiger partial charge in [0.1, 0.15) is 5.82 Å². The minimum absolute atomic E-state index is 0.675. The Balaban J connectivity index is 1.51. The van der Waals surface area contributed by atoms with Gasteiger partial charge in [0.05, 0.1) is 30.5 Å². The van der Waals surface area contributed by atoms with Crippen molar-refractivity contribution in [2.24, 2.45) is 0 Å². The van der Waals surface area contributed by atoms with Gasteiger partial charge in [-0.05, 0) is 42.3 Å². The van der Waals surface area contributed by atoms with Gasteiger partial charge in [0, 0.05) is 37.0 Å². The Morgan fingerprint density at radius 3 is 2.61 bits per heavy atom. The molecule has 2 heterocycles. The molecule has 0 unspecified atom stereocenters. The van der Waals surface area contributed by atoms with Gasteiger partial charge >= 0.3 is 0 Å². The van der Waals surface area contributed by atoms with Crippen molar-refractivity contribution in [3.8, 4) is 17.3 Å². The van der Waals surface area contributed by atoms with Gasteiger partial charge in [0.2, 0.25) is 0 Å². The molecule has 1 fully saturated rings. The quantitative estimate of drug-likeness (QED) is 0.700. The fraction of sp³-hybridized carbons (Fsp3) is 0.261. The molecule has 0 N–H and O–H groups in total. The van der Waals surface area contributed by atoms with Gasteiger partial charge in [-0.1, -0.05) is 24.3 Å². The number of nitriles is 1. The monoisotopic (exact) mass is 370 g/mol. The fourth-order valence-electron chi connectivity index (χ4n) is 3.38. The lowest BCUT2D eigenvalue weighted by Gasteiger charge is -2.28. The lowest BCUT2D eigenvalue weighted by atomic mass is 10.0. The van der Waals surface area contributed by atoms with E-state index in [9.17, 15) is 5.26 Å². The highest BCUT2D eigenvalue weighted by molar-refractivity contribution is 5.62. The van der Waals surface area contributed by atoms with Crippen LogP contribution in [0.5, 0.6) is 0 Å². The molecule has 4 rings (SSSR count). The summed E-state index contributed by atoms with van der Waals surface area (Å²) in [6.45, 7) is 5.38. The minimum atomic E-state index is 0.675. The summed E-state index contributed by atoms with van der Waals surface area (Å²) >= 11 is 0. The Kier molecular flexibility index (Phi) is 5.31. The third-order valence-electron chi connectivity index (χ3n) is 5.03. The molecule has 3 aromatic rings. The highest BCUT2D eigenvalue weighted by atomic mass is 16.5. The highest BCUT2D eigenvalue weighted by Gasteiger charge is 2.11. The first-order valence-corrected chi connectivity index (χ1v) is 9.47. The number of ether oxygens (including phenoxy) is 1. The lowest BCUT2D eigenvalue weighted by molar-refractivity contribution is 0.122. The van der Waals surface area contributed by atoms with E-state index in [2.05, 4.69) is 40.2 Å². The maximum atomic E-state index is 9.26. The van der Waals surface area contributed by atoms with Gasteiger partial charge in [0.15, 0.2) is 0 Å². The first-order chi connectivity index (χ1) is 13.7. The van der Waals surface area contributed by atoms with Gasteiger partial charge in [-0.15, -0.1) is 0 Å². The summed E-state index contributed by atoms with van der Waals surface area (Å²) in [5.41, 5.74) is 5.83. The first-order valence-electron chi connectivity index (χ1n) is 9.47. The van der Waals surface area contributed by atoms with Crippen LogP contribution in [0.25, 0.3) is 11.3 Å². The molecule has 0 saturated carbocycles. The Bertz CT molecular complexity index is 1000. The molecule has 1 aliphatic heterocycles. The average Bonchev–Trinajstić information content (AvgIpc) is 2.75. The summed E-state index contributed by atoms with van der Waals surface area (Å²) in [4.78, 5) is 11.5. The number of aryl methyl sites for hydroxylation is 1. The van der Waals surface area contributed by atoms with Crippen LogP contribution in [0.1, 0.15) is 22.5 Å². The van der Waals surface area contributed by atoms with E-state index < -0.39 is 0 Å². The maximum absolute atomic E-state index is 9.26. The summed E-state index contributed by atoms with van der Waals surface area (Å²) in [5.74, 6) is 0.774. The van der Waals surface area contributed by atoms with Gasteiger partial charge in [-0.25, -0.2) is 9.97 Å². The van der Waals surface area contributed by atoms with Crippen molar-refractivity contribution in [2.75, 3.05) is 31.2 Å². The Labute approximate surface area is 165 Å². The maximum Gasteiger partial charge on any atom is 0.133 e. The predicted octanol–water partition coefficient (Wildman–Crippen LogP) is 3.75. The normalized spacial score (nSPS) is 13.9. The zero-order valence-corrected chi connectivity index (χ0v) is 15.9. The number of aromatic nitrogens is 2. The summed E-state index contributed by atoms with van der Waals surface area (Å²) in [7, 11) is 0. The van der Waals surface area contributed by atoms with Crippen molar-refractivity contribution in [3.63, 3.8) is 0 Å². The molecule has 0 bridgehead atoms. The van der Waals surface area contributed by atoms with E-state index in [1.165, 1.54) is 11.3 Å². The van der Waals surface area contributed by atoms with Gasteiger partial charge < -0.3 is 9.64 Å². The topological polar surface area (TPSA) is 62.0 Å². The second-order valence-corrected chi connectivity index (χ2v) is 6.94. The lowest BCUT2D eigenvalue weighted by Crippen LogP contribution is -2.36. The highest BCUT2D eigenvalue weighted by Crippen LogP contribution is 2.21. The molecule has 0 atom stereocenters. The van der Waals surface area contributed by atoms with E-state index in [1.807, 2.05) is 31.2 Å². The molecule has 0 amide bonds. The van der Waals surface area contributed by atoms with Crippen LogP contribution < -0.4 is 4.90 Å². The van der Waals surface area contributed by atoms with E-state index in [0.717, 1.165) is 48.9 Å². The van der Waals surface area contributed by atoms with Gasteiger partial charge in [0.25, 0.3) is 0 Å². The van der Waals surface area contributed by atoms with E-state index in [-0.39, 0.29) is 0 Å². The van der Waals surface area contributed by atoms with Gasteiger partial charge in [-0.2, -0.15) is 5.26 Å². The van der Waals surface area contributed by atoms with Crippen molar-refractivity contribution in [1.29, 1.82) is 5.26 Å². The Morgan fingerprint density at radius 1 is 1.07 bits per heavy atom. The van der Waals surface area contributed by atoms with Crippen molar-refractivity contribution >= 4 is 5.69 Å². The number of rotatable bonds is 4. The molecule has 28 heavy (non-hydrogen) atoms. The van der Waals surface area contributed by atoms with Crippen LogP contribution >= 0.6 is 0 Å². The average molecular weight is 370 g/mol. The molecule has 0 spiro atoms. The summed E-state index contributed by atoms with van der Waals surface area (Å²) in [6.07, 6.45) is 2.46. The van der Waals surface area contributed by atoms with Gasteiger partial charge in [-0.3, -0.25) is 0 Å². The van der Waals surface area contributed by atoms with Crippen molar-refractivity contribution in [3.05, 3.63) is 77.2 Å². The number of morpholine rings is 1. The summed E-state index contributed by atoms with van der Waals surface area (Å²) in [5, 5.41) is 9.26. The summed E-state index contributed by atoms with van der Waals surface area (Å²) < 4.78 is 5.42. The molecule has 1 aliphatic rings. The van der Waals surface area contributed by atoms with Crippen LogP contribution in [-0.2, 0) is 11.2 Å². The van der Waals surface area contributed by atoms with Crippen LogP contribution in [-0.4, -0.2) is 36.3 Å². The van der Waals surface area contributed by atoms with E-state index >= 15 is 0 Å². The molecule has 5 nitrogen and oxygen atoms in total. The second-order valence-electron chi connectivity index (χ2n) is 6.94. The number of nitrogens with zero attached hydrogens (tertiary/aromatic N) is 4. The number of anilines is 1. The zero-order valence-electron chi connectivity index (χ0n) is 15.9. The first kappa shape index (κ1) is 18.1. The van der Waals surface area contributed by atoms with Crippen molar-refractivity contribution < 1.29 is 4.74 Å². The largest absolute Gasteiger partial charge is 0.378 e. The molecule has 0 aliphatic carbocycles. The zero-order chi connectivity index (χ0) is 19.3. The fourth-order valence-corrected chi connectivity index (χ4v) is 3.38.